The summed E-state index contributed by atoms with van der Waals surface area (Å²) in [5, 5.41) is 0. The number of nitrogens with zero attached hydrogens (tertiary/aromatic N) is 2. The summed E-state index contributed by atoms with van der Waals surface area (Å²) in [6.45, 7) is 3.48. The van der Waals surface area contributed by atoms with E-state index in [9.17, 15) is 4.79 Å². The van der Waals surface area contributed by atoms with E-state index in [-0.39, 0.29) is 12.5 Å². The van der Waals surface area contributed by atoms with Crippen molar-refractivity contribution in [2.24, 2.45) is 5.73 Å². The Bertz CT molecular complexity index is 1000. The summed E-state index contributed by atoms with van der Waals surface area (Å²) >= 11 is 0. The molecule has 0 bridgehead atoms. The Balaban J connectivity index is 1.52. The fraction of sp³-hybridized carbons (Fsp3) is 0.296. The topological polar surface area (TPSA) is 58.8 Å². The fourth-order valence-electron chi connectivity index (χ4n) is 4.14. The molecule has 1 amide bonds. The zero-order chi connectivity index (χ0) is 22.2. The minimum atomic E-state index is -0.0171. The van der Waals surface area contributed by atoms with Gasteiger partial charge in [-0.25, -0.2) is 0 Å². The van der Waals surface area contributed by atoms with E-state index >= 15 is 0 Å². The molecule has 3 aromatic rings. The van der Waals surface area contributed by atoms with E-state index < -0.39 is 0 Å². The normalized spacial score (nSPS) is 14.8. The SMILES string of the molecule is NCC(=O)N1CCCCN(Cc2ccc(-c3ccccc3)cc2)c2ccccc2OCC1. The van der Waals surface area contributed by atoms with Gasteiger partial charge in [-0.1, -0.05) is 66.7 Å². The van der Waals surface area contributed by atoms with E-state index in [0.29, 0.717) is 13.2 Å². The van der Waals surface area contributed by atoms with Gasteiger partial charge in [-0.2, -0.15) is 0 Å². The van der Waals surface area contributed by atoms with Gasteiger partial charge in [0.2, 0.25) is 5.91 Å². The monoisotopic (exact) mass is 429 g/mol. The lowest BCUT2D eigenvalue weighted by molar-refractivity contribution is -0.130. The molecule has 0 saturated carbocycles. The molecule has 0 aromatic heterocycles. The van der Waals surface area contributed by atoms with Crippen LogP contribution in [0.2, 0.25) is 0 Å². The predicted octanol–water partition coefficient (Wildman–Crippen LogP) is 4.32. The zero-order valence-electron chi connectivity index (χ0n) is 18.5. The molecule has 2 N–H and O–H groups in total. The van der Waals surface area contributed by atoms with E-state index in [2.05, 4.69) is 65.6 Å². The van der Waals surface area contributed by atoms with Gasteiger partial charge >= 0.3 is 0 Å². The summed E-state index contributed by atoms with van der Waals surface area (Å²) in [6, 6.07) is 27.4. The molecule has 32 heavy (non-hydrogen) atoms. The molecule has 0 saturated heterocycles. The lowest BCUT2D eigenvalue weighted by Crippen LogP contribution is -2.39. The summed E-state index contributed by atoms with van der Waals surface area (Å²) < 4.78 is 6.11. The quantitative estimate of drug-likeness (QED) is 0.671. The minimum Gasteiger partial charge on any atom is -0.490 e. The number of amides is 1. The first kappa shape index (κ1) is 21.9. The van der Waals surface area contributed by atoms with Crippen LogP contribution in [0.5, 0.6) is 5.75 Å². The third kappa shape index (κ3) is 5.48. The van der Waals surface area contributed by atoms with Crippen molar-refractivity contribution >= 4 is 11.6 Å². The molecule has 0 atom stereocenters. The standard InChI is InChI=1S/C27H31N3O2/c28-20-27(31)29-16-6-7-17-30(25-10-4-5-11-26(25)32-19-18-29)21-22-12-14-24(15-13-22)23-8-2-1-3-9-23/h1-5,8-15H,6-7,16-21,28H2. The van der Waals surface area contributed by atoms with Crippen LogP contribution in [0.1, 0.15) is 18.4 Å². The first-order valence-electron chi connectivity index (χ1n) is 11.3. The van der Waals surface area contributed by atoms with E-state index in [0.717, 1.165) is 43.9 Å². The van der Waals surface area contributed by atoms with Crippen LogP contribution >= 0.6 is 0 Å². The molecule has 1 heterocycles. The second-order valence-corrected chi connectivity index (χ2v) is 8.09. The third-order valence-corrected chi connectivity index (χ3v) is 5.89. The van der Waals surface area contributed by atoms with E-state index in [1.807, 2.05) is 23.1 Å². The molecular weight excluding hydrogens is 398 g/mol. The molecule has 4 rings (SSSR count). The van der Waals surface area contributed by atoms with Gasteiger partial charge in [-0.05, 0) is 41.7 Å². The average Bonchev–Trinajstić information content (AvgIpc) is 2.89. The molecule has 5 nitrogen and oxygen atoms in total. The summed E-state index contributed by atoms with van der Waals surface area (Å²) in [6.07, 6.45) is 1.93. The second-order valence-electron chi connectivity index (χ2n) is 8.09. The Hall–Kier alpha value is -3.31. The molecule has 0 fully saturated rings. The number of para-hydroxylation sites is 2. The number of nitrogens with two attached hydrogens (primary N) is 1. The summed E-state index contributed by atoms with van der Waals surface area (Å²) in [7, 11) is 0. The highest BCUT2D eigenvalue weighted by molar-refractivity contribution is 5.78. The maximum absolute atomic E-state index is 12.1. The van der Waals surface area contributed by atoms with Crippen molar-refractivity contribution in [2.75, 3.05) is 37.7 Å². The van der Waals surface area contributed by atoms with Crippen molar-refractivity contribution in [3.63, 3.8) is 0 Å². The third-order valence-electron chi connectivity index (χ3n) is 5.89. The molecule has 0 spiro atoms. The van der Waals surface area contributed by atoms with Crippen LogP contribution in [0.25, 0.3) is 11.1 Å². The van der Waals surface area contributed by atoms with E-state index in [4.69, 9.17) is 10.5 Å². The van der Waals surface area contributed by atoms with Gasteiger partial charge in [-0.3, -0.25) is 4.79 Å². The molecule has 1 aliphatic heterocycles. The highest BCUT2D eigenvalue weighted by Crippen LogP contribution is 2.30. The van der Waals surface area contributed by atoms with Gasteiger partial charge < -0.3 is 20.3 Å². The number of rotatable bonds is 4. The van der Waals surface area contributed by atoms with Crippen LogP contribution in [0.4, 0.5) is 5.69 Å². The zero-order valence-corrected chi connectivity index (χ0v) is 18.5. The predicted molar refractivity (Wildman–Crippen MR) is 130 cm³/mol. The number of benzene rings is 3. The smallest absolute Gasteiger partial charge is 0.236 e. The summed E-state index contributed by atoms with van der Waals surface area (Å²) in [4.78, 5) is 16.3. The number of fused-ring (bicyclic) bond motifs is 1. The van der Waals surface area contributed by atoms with Crippen LogP contribution in [0, 0.1) is 0 Å². The first-order valence-corrected chi connectivity index (χ1v) is 11.3. The number of ether oxygens (including phenoxy) is 1. The molecule has 0 radical (unpaired) electrons. The highest BCUT2D eigenvalue weighted by atomic mass is 16.5. The number of hydrogen-bond acceptors (Lipinski definition) is 4. The van der Waals surface area contributed by atoms with Crippen molar-refractivity contribution in [3.05, 3.63) is 84.4 Å². The summed E-state index contributed by atoms with van der Waals surface area (Å²) in [5.41, 5.74) is 10.4. The number of anilines is 1. The lowest BCUT2D eigenvalue weighted by atomic mass is 10.0. The second kappa shape index (κ2) is 10.8. The van der Waals surface area contributed by atoms with Crippen LogP contribution in [0.15, 0.2) is 78.9 Å². The van der Waals surface area contributed by atoms with Gasteiger partial charge in [0, 0.05) is 19.6 Å². The van der Waals surface area contributed by atoms with E-state index in [1.54, 1.807) is 0 Å². The first-order chi connectivity index (χ1) is 15.7. The largest absolute Gasteiger partial charge is 0.490 e. The molecule has 166 valence electrons. The molecule has 5 heteroatoms. The molecule has 0 aliphatic carbocycles. The maximum Gasteiger partial charge on any atom is 0.236 e. The van der Waals surface area contributed by atoms with Gasteiger partial charge in [-0.15, -0.1) is 0 Å². The van der Waals surface area contributed by atoms with Crippen LogP contribution in [0.3, 0.4) is 0 Å². The van der Waals surface area contributed by atoms with Gasteiger partial charge in [0.1, 0.15) is 12.4 Å². The number of hydrogen-bond donors (Lipinski definition) is 1. The number of carbonyl (C=O) groups is 1. The Morgan fingerprint density at radius 3 is 2.28 bits per heavy atom. The van der Waals surface area contributed by atoms with Crippen molar-refractivity contribution < 1.29 is 9.53 Å². The van der Waals surface area contributed by atoms with Gasteiger partial charge in [0.25, 0.3) is 0 Å². The van der Waals surface area contributed by atoms with Gasteiger partial charge in [0.05, 0.1) is 18.8 Å². The van der Waals surface area contributed by atoms with Crippen LogP contribution < -0.4 is 15.4 Å². The Morgan fingerprint density at radius 2 is 1.50 bits per heavy atom. The van der Waals surface area contributed by atoms with Crippen molar-refractivity contribution in [3.8, 4) is 16.9 Å². The van der Waals surface area contributed by atoms with Crippen LogP contribution in [-0.2, 0) is 11.3 Å². The average molecular weight is 430 g/mol. The highest BCUT2D eigenvalue weighted by Gasteiger charge is 2.17. The van der Waals surface area contributed by atoms with Crippen molar-refractivity contribution in [1.29, 1.82) is 0 Å². The van der Waals surface area contributed by atoms with Gasteiger partial charge in [0.15, 0.2) is 0 Å². The lowest BCUT2D eigenvalue weighted by Gasteiger charge is -2.27. The summed E-state index contributed by atoms with van der Waals surface area (Å²) in [5.74, 6) is 0.840. The Kier molecular flexibility index (Phi) is 7.41. The minimum absolute atomic E-state index is 0.0171. The fourth-order valence-corrected chi connectivity index (χ4v) is 4.14. The van der Waals surface area contributed by atoms with Crippen LogP contribution in [-0.4, -0.2) is 43.6 Å². The molecule has 0 unspecified atom stereocenters. The van der Waals surface area contributed by atoms with E-state index in [1.165, 1.54) is 16.7 Å². The Labute approximate surface area is 190 Å². The number of carbonyl (C=O) groups excluding carboxylic acids is 1. The molecule has 1 aliphatic rings. The maximum atomic E-state index is 12.1. The van der Waals surface area contributed by atoms with Crippen molar-refractivity contribution in [2.45, 2.75) is 19.4 Å². The molecule has 3 aromatic carbocycles. The molecular formula is C27H31N3O2. The Morgan fingerprint density at radius 1 is 0.812 bits per heavy atom. The van der Waals surface area contributed by atoms with Crippen molar-refractivity contribution in [1.82, 2.24) is 4.90 Å².